The lowest BCUT2D eigenvalue weighted by Crippen LogP contribution is -2.32. The minimum Gasteiger partial charge on any atom is -0.310 e. The van der Waals surface area contributed by atoms with E-state index in [1.54, 1.807) is 16.7 Å². The van der Waals surface area contributed by atoms with E-state index in [1.807, 2.05) is 0 Å². The van der Waals surface area contributed by atoms with Crippen molar-refractivity contribution >= 4 is 0 Å². The molecule has 1 nitrogen and oxygen atoms in total. The molecule has 116 valence electrons. The van der Waals surface area contributed by atoms with Crippen LogP contribution in [0.1, 0.15) is 75.1 Å². The quantitative estimate of drug-likeness (QED) is 0.799. The van der Waals surface area contributed by atoms with E-state index in [0.29, 0.717) is 6.04 Å². The van der Waals surface area contributed by atoms with Crippen LogP contribution in [-0.4, -0.2) is 6.54 Å². The third kappa shape index (κ3) is 3.51. The van der Waals surface area contributed by atoms with Crippen molar-refractivity contribution in [3.8, 4) is 0 Å². The van der Waals surface area contributed by atoms with Crippen molar-refractivity contribution < 1.29 is 0 Å². The van der Waals surface area contributed by atoms with Crippen molar-refractivity contribution in [2.24, 2.45) is 11.8 Å². The molecule has 0 saturated heterocycles. The minimum absolute atomic E-state index is 0.582. The van der Waals surface area contributed by atoms with Gasteiger partial charge in [0.1, 0.15) is 0 Å². The molecule has 1 heteroatoms. The highest BCUT2D eigenvalue weighted by atomic mass is 14.9. The van der Waals surface area contributed by atoms with Gasteiger partial charge in [-0.3, -0.25) is 0 Å². The molecule has 0 heterocycles. The predicted octanol–water partition coefficient (Wildman–Crippen LogP) is 5.04. The number of nitrogens with one attached hydrogen (secondary N) is 1. The van der Waals surface area contributed by atoms with Crippen molar-refractivity contribution in [1.29, 1.82) is 0 Å². The molecular weight excluding hydrogens is 254 g/mol. The maximum Gasteiger partial charge on any atom is 0.0348 e. The second-order valence-electron chi connectivity index (χ2n) is 7.35. The number of hydrogen-bond donors (Lipinski definition) is 1. The van der Waals surface area contributed by atoms with Gasteiger partial charge in [0.25, 0.3) is 0 Å². The molecule has 1 saturated carbocycles. The number of fused-ring (bicyclic) bond motifs is 1. The van der Waals surface area contributed by atoms with Crippen LogP contribution < -0.4 is 5.32 Å². The lowest BCUT2D eigenvalue weighted by atomic mass is 9.76. The molecule has 0 radical (unpaired) electrons. The Labute approximate surface area is 130 Å². The van der Waals surface area contributed by atoms with Crippen LogP contribution in [0, 0.1) is 11.8 Å². The van der Waals surface area contributed by atoms with Gasteiger partial charge in [0, 0.05) is 6.04 Å². The summed E-state index contributed by atoms with van der Waals surface area (Å²) < 4.78 is 0. The fraction of sp³-hybridized carbons (Fsp3) is 0.700. The van der Waals surface area contributed by atoms with E-state index in [9.17, 15) is 0 Å². The van der Waals surface area contributed by atoms with Gasteiger partial charge in [-0.15, -0.1) is 0 Å². The van der Waals surface area contributed by atoms with Gasteiger partial charge in [0.05, 0.1) is 0 Å². The van der Waals surface area contributed by atoms with Crippen LogP contribution in [0.3, 0.4) is 0 Å². The largest absolute Gasteiger partial charge is 0.310 e. The Morgan fingerprint density at radius 2 is 2.00 bits per heavy atom. The molecule has 0 spiro atoms. The zero-order chi connectivity index (χ0) is 14.7. The third-order valence-electron chi connectivity index (χ3n) is 5.54. The van der Waals surface area contributed by atoms with Gasteiger partial charge in [-0.2, -0.15) is 0 Å². The molecule has 3 rings (SSSR count). The molecule has 1 fully saturated rings. The van der Waals surface area contributed by atoms with Gasteiger partial charge in [0.2, 0.25) is 0 Å². The first-order valence-electron chi connectivity index (χ1n) is 9.13. The van der Waals surface area contributed by atoms with E-state index >= 15 is 0 Å². The van der Waals surface area contributed by atoms with Gasteiger partial charge in [-0.1, -0.05) is 44.9 Å². The first kappa shape index (κ1) is 15.1. The van der Waals surface area contributed by atoms with Crippen molar-refractivity contribution in [2.75, 3.05) is 6.54 Å². The normalized spacial score (nSPS) is 26.6. The number of benzene rings is 1. The zero-order valence-corrected chi connectivity index (χ0v) is 13.8. The number of rotatable bonds is 5. The van der Waals surface area contributed by atoms with Gasteiger partial charge in [-0.05, 0) is 73.6 Å². The van der Waals surface area contributed by atoms with Crippen molar-refractivity contribution in [3.63, 3.8) is 0 Å². The number of hydrogen-bond acceptors (Lipinski definition) is 1. The van der Waals surface area contributed by atoms with Gasteiger partial charge < -0.3 is 5.32 Å². The van der Waals surface area contributed by atoms with Gasteiger partial charge in [-0.25, -0.2) is 0 Å². The Morgan fingerprint density at radius 3 is 2.81 bits per heavy atom. The topological polar surface area (TPSA) is 12.0 Å². The van der Waals surface area contributed by atoms with Crippen LogP contribution >= 0.6 is 0 Å². The first-order valence-corrected chi connectivity index (χ1v) is 9.13. The minimum atomic E-state index is 0.582. The average molecular weight is 285 g/mol. The smallest absolute Gasteiger partial charge is 0.0348 e. The van der Waals surface area contributed by atoms with E-state index in [1.165, 1.54) is 51.4 Å². The monoisotopic (exact) mass is 285 g/mol. The second kappa shape index (κ2) is 6.96. The Kier molecular flexibility index (Phi) is 5.00. The van der Waals surface area contributed by atoms with Crippen LogP contribution in [0.25, 0.3) is 0 Å². The molecule has 0 bridgehead atoms. The summed E-state index contributed by atoms with van der Waals surface area (Å²) in [5.41, 5.74) is 4.79. The molecular formula is C20H31N. The molecule has 0 aromatic heterocycles. The van der Waals surface area contributed by atoms with Crippen molar-refractivity contribution in [1.82, 2.24) is 5.32 Å². The summed E-state index contributed by atoms with van der Waals surface area (Å²) >= 11 is 0. The fourth-order valence-corrected chi connectivity index (χ4v) is 4.43. The second-order valence-corrected chi connectivity index (χ2v) is 7.35. The molecule has 2 aliphatic rings. The molecule has 1 aromatic carbocycles. The molecule has 0 amide bonds. The summed E-state index contributed by atoms with van der Waals surface area (Å²) in [4.78, 5) is 0. The predicted molar refractivity (Wildman–Crippen MR) is 90.6 cm³/mol. The highest BCUT2D eigenvalue weighted by Gasteiger charge is 2.28. The van der Waals surface area contributed by atoms with Crippen LogP contribution in [0.15, 0.2) is 18.2 Å². The Hall–Kier alpha value is -0.820. The lowest BCUT2D eigenvalue weighted by Gasteiger charge is -2.34. The highest BCUT2D eigenvalue weighted by molar-refractivity contribution is 5.36. The summed E-state index contributed by atoms with van der Waals surface area (Å²) in [6.45, 7) is 5.86. The standard InChI is InChI=1S/C20H31N/c1-3-12-21-20(18-9-4-6-15(2)13-18)19-11-10-16-7-5-8-17(16)14-19/h10-11,14-15,18,20-21H,3-9,12-13H2,1-2H3. The Bertz CT molecular complexity index is 465. The van der Waals surface area contributed by atoms with E-state index in [0.717, 1.165) is 18.4 Å². The van der Waals surface area contributed by atoms with Crippen LogP contribution in [-0.2, 0) is 12.8 Å². The fourth-order valence-electron chi connectivity index (χ4n) is 4.43. The SMILES string of the molecule is CCCNC(c1ccc2c(c1)CCC2)C1CCCC(C)C1. The lowest BCUT2D eigenvalue weighted by molar-refractivity contribution is 0.223. The third-order valence-corrected chi connectivity index (χ3v) is 5.54. The molecule has 3 atom stereocenters. The average Bonchev–Trinajstić information content (AvgIpc) is 2.95. The van der Waals surface area contributed by atoms with Crippen LogP contribution in [0.5, 0.6) is 0 Å². The first-order chi connectivity index (χ1) is 10.3. The summed E-state index contributed by atoms with van der Waals surface area (Å²) in [6.07, 6.45) is 10.8. The maximum atomic E-state index is 3.87. The van der Waals surface area contributed by atoms with Crippen LogP contribution in [0.2, 0.25) is 0 Å². The maximum absolute atomic E-state index is 3.87. The zero-order valence-electron chi connectivity index (χ0n) is 13.8. The molecule has 1 N–H and O–H groups in total. The van der Waals surface area contributed by atoms with Crippen molar-refractivity contribution in [3.05, 3.63) is 34.9 Å². The summed E-state index contributed by atoms with van der Waals surface area (Å²) in [6, 6.07) is 7.93. The van der Waals surface area contributed by atoms with E-state index in [2.05, 4.69) is 37.4 Å². The van der Waals surface area contributed by atoms with Gasteiger partial charge in [0.15, 0.2) is 0 Å². The Balaban J connectivity index is 1.80. The highest BCUT2D eigenvalue weighted by Crippen LogP contribution is 2.38. The summed E-state index contributed by atoms with van der Waals surface area (Å²) in [5.74, 6) is 1.74. The molecule has 3 unspecified atom stereocenters. The van der Waals surface area contributed by atoms with E-state index in [-0.39, 0.29) is 0 Å². The molecule has 21 heavy (non-hydrogen) atoms. The Morgan fingerprint density at radius 1 is 1.14 bits per heavy atom. The summed E-state index contributed by atoms with van der Waals surface area (Å²) in [5, 5.41) is 3.87. The number of aryl methyl sites for hydroxylation is 2. The molecule has 1 aromatic rings. The van der Waals surface area contributed by atoms with Crippen molar-refractivity contribution in [2.45, 2.75) is 71.3 Å². The van der Waals surface area contributed by atoms with E-state index in [4.69, 9.17) is 0 Å². The molecule has 0 aliphatic heterocycles. The van der Waals surface area contributed by atoms with Crippen LogP contribution in [0.4, 0.5) is 0 Å². The molecule has 2 aliphatic carbocycles. The summed E-state index contributed by atoms with van der Waals surface area (Å²) in [7, 11) is 0. The van der Waals surface area contributed by atoms with E-state index < -0.39 is 0 Å². The van der Waals surface area contributed by atoms with Gasteiger partial charge >= 0.3 is 0 Å².